The van der Waals surface area contributed by atoms with E-state index in [-0.39, 0.29) is 12.1 Å². The molecule has 0 spiro atoms. The van der Waals surface area contributed by atoms with Crippen molar-refractivity contribution in [2.75, 3.05) is 39.5 Å². The molecule has 1 heterocycles. The standard InChI is InChI=1S/C18H33NO4/c1-2-13-23-18(21)10-8-6-4-3-5-7-9-17(20)16-19-11-14-22-15-12-19/h2,17,20H,1,3-16H2. The third kappa shape index (κ3) is 11.3. The van der Waals surface area contributed by atoms with Gasteiger partial charge in [0.25, 0.3) is 0 Å². The first kappa shape index (κ1) is 20.1. The summed E-state index contributed by atoms with van der Waals surface area (Å²) < 4.78 is 10.2. The number of ether oxygens (including phenoxy) is 2. The van der Waals surface area contributed by atoms with Crippen LogP contribution in [0.15, 0.2) is 12.7 Å². The van der Waals surface area contributed by atoms with Gasteiger partial charge in [0.1, 0.15) is 6.61 Å². The number of carbonyl (C=O) groups excluding carboxylic acids is 1. The zero-order valence-corrected chi connectivity index (χ0v) is 14.4. The number of aliphatic hydroxyl groups is 1. The molecule has 0 amide bonds. The fraction of sp³-hybridized carbons (Fsp3) is 0.833. The Balaban J connectivity index is 1.85. The minimum atomic E-state index is -0.215. The first-order valence-electron chi connectivity index (χ1n) is 8.97. The highest BCUT2D eigenvalue weighted by molar-refractivity contribution is 5.69. The number of aliphatic hydroxyl groups excluding tert-OH is 1. The van der Waals surface area contributed by atoms with Gasteiger partial charge in [-0.25, -0.2) is 0 Å². The van der Waals surface area contributed by atoms with E-state index in [9.17, 15) is 9.90 Å². The van der Waals surface area contributed by atoms with Crippen LogP contribution >= 0.6 is 0 Å². The summed E-state index contributed by atoms with van der Waals surface area (Å²) in [6, 6.07) is 0. The SMILES string of the molecule is C=CCOC(=O)CCCCCCCCC(O)CN1CCOCC1. The van der Waals surface area contributed by atoms with Crippen LogP contribution in [0, 0.1) is 0 Å². The fourth-order valence-corrected chi connectivity index (χ4v) is 2.75. The molecule has 1 fully saturated rings. The largest absolute Gasteiger partial charge is 0.461 e. The van der Waals surface area contributed by atoms with E-state index in [4.69, 9.17) is 9.47 Å². The molecule has 5 nitrogen and oxygen atoms in total. The van der Waals surface area contributed by atoms with Crippen LogP contribution < -0.4 is 0 Å². The smallest absolute Gasteiger partial charge is 0.306 e. The Labute approximate surface area is 140 Å². The van der Waals surface area contributed by atoms with Crippen LogP contribution in [0.25, 0.3) is 0 Å². The van der Waals surface area contributed by atoms with Gasteiger partial charge in [-0.1, -0.05) is 44.8 Å². The molecule has 0 radical (unpaired) electrons. The Morgan fingerprint density at radius 2 is 1.83 bits per heavy atom. The summed E-state index contributed by atoms with van der Waals surface area (Å²) in [5, 5.41) is 10.0. The maximum atomic E-state index is 11.3. The molecule has 1 unspecified atom stereocenters. The molecule has 1 atom stereocenters. The second-order valence-corrected chi connectivity index (χ2v) is 6.20. The van der Waals surface area contributed by atoms with E-state index in [1.54, 1.807) is 6.08 Å². The molecule has 0 aromatic rings. The van der Waals surface area contributed by atoms with Crippen molar-refractivity contribution in [1.82, 2.24) is 4.90 Å². The van der Waals surface area contributed by atoms with Gasteiger partial charge < -0.3 is 14.6 Å². The molecule has 1 aliphatic rings. The van der Waals surface area contributed by atoms with Gasteiger partial charge in [0.15, 0.2) is 0 Å². The normalized spacial score (nSPS) is 16.9. The Morgan fingerprint density at radius 1 is 1.17 bits per heavy atom. The molecule has 0 saturated carbocycles. The van der Waals surface area contributed by atoms with E-state index in [2.05, 4.69) is 11.5 Å². The zero-order valence-electron chi connectivity index (χ0n) is 14.4. The van der Waals surface area contributed by atoms with E-state index in [0.717, 1.165) is 71.4 Å². The monoisotopic (exact) mass is 327 g/mol. The van der Waals surface area contributed by atoms with E-state index in [1.807, 2.05) is 0 Å². The number of unbranched alkanes of at least 4 members (excludes halogenated alkanes) is 5. The average Bonchev–Trinajstić information content (AvgIpc) is 2.56. The van der Waals surface area contributed by atoms with Crippen LogP contribution in [0.5, 0.6) is 0 Å². The molecular formula is C18H33NO4. The topological polar surface area (TPSA) is 59.0 Å². The maximum absolute atomic E-state index is 11.3. The van der Waals surface area contributed by atoms with Crippen LogP contribution in [-0.2, 0) is 14.3 Å². The minimum Gasteiger partial charge on any atom is -0.461 e. The van der Waals surface area contributed by atoms with Gasteiger partial charge in [-0.3, -0.25) is 9.69 Å². The summed E-state index contributed by atoms with van der Waals surface area (Å²) in [5.41, 5.74) is 0. The van der Waals surface area contributed by atoms with E-state index in [1.165, 1.54) is 6.42 Å². The second-order valence-electron chi connectivity index (χ2n) is 6.20. The van der Waals surface area contributed by atoms with Gasteiger partial charge in [0.05, 0.1) is 19.3 Å². The number of β-amino-alcohol motifs (C(OH)–C–C–N with tert-alkyl or cyclic N) is 1. The summed E-state index contributed by atoms with van der Waals surface area (Å²) in [7, 11) is 0. The van der Waals surface area contributed by atoms with Crippen LogP contribution in [0.4, 0.5) is 0 Å². The molecule has 23 heavy (non-hydrogen) atoms. The maximum Gasteiger partial charge on any atom is 0.306 e. The fourth-order valence-electron chi connectivity index (χ4n) is 2.75. The summed E-state index contributed by atoms with van der Waals surface area (Å²) in [6.45, 7) is 8.04. The quantitative estimate of drug-likeness (QED) is 0.320. The minimum absolute atomic E-state index is 0.129. The van der Waals surface area contributed by atoms with Crippen LogP contribution in [0.1, 0.15) is 51.4 Å². The average molecular weight is 327 g/mol. The summed E-state index contributed by atoms with van der Waals surface area (Å²) >= 11 is 0. The number of hydrogen-bond acceptors (Lipinski definition) is 5. The molecule has 1 rings (SSSR count). The molecule has 1 N–H and O–H groups in total. The summed E-state index contributed by atoms with van der Waals surface area (Å²) in [6.07, 6.45) is 9.28. The van der Waals surface area contributed by atoms with Crippen molar-refractivity contribution in [3.63, 3.8) is 0 Å². The van der Waals surface area contributed by atoms with Gasteiger partial charge >= 0.3 is 5.97 Å². The summed E-state index contributed by atoms with van der Waals surface area (Å²) in [5.74, 6) is -0.129. The molecule has 134 valence electrons. The molecule has 0 aromatic heterocycles. The van der Waals surface area contributed by atoms with E-state index >= 15 is 0 Å². The lowest BCUT2D eigenvalue weighted by Gasteiger charge is -2.28. The van der Waals surface area contributed by atoms with Gasteiger partial charge in [-0.2, -0.15) is 0 Å². The third-order valence-electron chi connectivity index (χ3n) is 4.10. The highest BCUT2D eigenvalue weighted by atomic mass is 16.5. The Kier molecular flexibility index (Phi) is 11.8. The van der Waals surface area contributed by atoms with E-state index in [0.29, 0.717) is 13.0 Å². The van der Waals surface area contributed by atoms with Gasteiger partial charge in [-0.05, 0) is 12.8 Å². The first-order valence-corrected chi connectivity index (χ1v) is 8.97. The molecule has 0 aromatic carbocycles. The zero-order chi connectivity index (χ0) is 16.8. The molecule has 1 saturated heterocycles. The van der Waals surface area contributed by atoms with E-state index < -0.39 is 0 Å². The molecule has 5 heteroatoms. The van der Waals surface area contributed by atoms with Crippen molar-refractivity contribution >= 4 is 5.97 Å². The Bertz CT molecular complexity index is 316. The molecular weight excluding hydrogens is 294 g/mol. The lowest BCUT2D eigenvalue weighted by molar-refractivity contribution is -0.142. The lowest BCUT2D eigenvalue weighted by Crippen LogP contribution is -2.40. The second kappa shape index (κ2) is 13.5. The number of rotatable bonds is 13. The van der Waals surface area contributed by atoms with Crippen LogP contribution in [-0.4, -0.2) is 61.5 Å². The predicted molar refractivity (Wildman–Crippen MR) is 91.4 cm³/mol. The number of morpholine rings is 1. The van der Waals surface area contributed by atoms with Crippen molar-refractivity contribution in [3.8, 4) is 0 Å². The van der Waals surface area contributed by atoms with Gasteiger partial charge in [0.2, 0.25) is 0 Å². The number of hydrogen-bond donors (Lipinski definition) is 1. The third-order valence-corrected chi connectivity index (χ3v) is 4.10. The van der Waals surface area contributed by atoms with Gasteiger partial charge in [0, 0.05) is 26.1 Å². The Morgan fingerprint density at radius 3 is 2.52 bits per heavy atom. The van der Waals surface area contributed by atoms with Crippen LogP contribution in [0.2, 0.25) is 0 Å². The highest BCUT2D eigenvalue weighted by Gasteiger charge is 2.14. The summed E-state index contributed by atoms with van der Waals surface area (Å²) in [4.78, 5) is 13.5. The van der Waals surface area contributed by atoms with Crippen LogP contribution in [0.3, 0.4) is 0 Å². The highest BCUT2D eigenvalue weighted by Crippen LogP contribution is 2.11. The van der Waals surface area contributed by atoms with Crippen molar-refractivity contribution < 1.29 is 19.4 Å². The molecule has 1 aliphatic heterocycles. The van der Waals surface area contributed by atoms with Crippen molar-refractivity contribution in [2.24, 2.45) is 0 Å². The number of carbonyl (C=O) groups is 1. The Hall–Kier alpha value is -0.910. The van der Waals surface area contributed by atoms with Crippen molar-refractivity contribution in [2.45, 2.75) is 57.5 Å². The number of nitrogens with zero attached hydrogens (tertiary/aromatic N) is 1. The molecule has 0 bridgehead atoms. The first-order chi connectivity index (χ1) is 11.2. The van der Waals surface area contributed by atoms with Gasteiger partial charge in [-0.15, -0.1) is 0 Å². The van der Waals surface area contributed by atoms with Crippen molar-refractivity contribution in [1.29, 1.82) is 0 Å². The van der Waals surface area contributed by atoms with Crippen molar-refractivity contribution in [3.05, 3.63) is 12.7 Å². The lowest BCUT2D eigenvalue weighted by atomic mass is 10.1. The number of esters is 1. The molecule has 0 aliphatic carbocycles. The predicted octanol–water partition coefficient (Wildman–Crippen LogP) is 2.53.